The van der Waals surface area contributed by atoms with E-state index >= 15 is 0 Å². The van der Waals surface area contributed by atoms with Crippen LogP contribution in [0.1, 0.15) is 61.1 Å². The predicted octanol–water partition coefficient (Wildman–Crippen LogP) is 33.2. The van der Waals surface area contributed by atoms with E-state index in [-0.39, 0.29) is 10.8 Å². The molecule has 0 amide bonds. The largest absolute Gasteiger partial charge is 0.208 e. The van der Waals surface area contributed by atoms with Crippen LogP contribution in [0, 0.1) is 22.7 Å². The highest BCUT2D eigenvalue weighted by Gasteiger charge is 2.39. The topological polar surface area (TPSA) is 125 Å². The number of fused-ring (bicyclic) bond motifs is 16. The van der Waals surface area contributed by atoms with Gasteiger partial charge in [-0.1, -0.05) is 410 Å². The number of benzene rings is 20. The van der Waals surface area contributed by atoms with Crippen molar-refractivity contribution in [2.75, 3.05) is 0 Å². The normalized spacial score (nSPS) is 12.8. The maximum absolute atomic E-state index is 9.74. The monoisotopic (exact) mass is 1760 g/mol. The molecule has 20 aromatic carbocycles. The molecule has 0 atom stereocenters. The fraction of sp³-hybridized carbons (Fsp3) is 0.0469. The summed E-state index contributed by atoms with van der Waals surface area (Å²) in [6.45, 7) is 9.22. The minimum Gasteiger partial charge on any atom is -0.208 e. The molecule has 3 heterocycles. The summed E-state index contributed by atoms with van der Waals surface area (Å²) >= 11 is 1.75. The Kier molecular flexibility index (Phi) is 18.5. The van der Waals surface area contributed by atoms with E-state index in [0.717, 1.165) is 87.8 Å². The number of hydrogen-bond acceptors (Lipinski definition) is 9. The molecule has 0 fully saturated rings. The van der Waals surface area contributed by atoms with E-state index in [0.29, 0.717) is 46.1 Å². The van der Waals surface area contributed by atoms with Crippen LogP contribution >= 0.6 is 11.3 Å². The first-order valence-corrected chi connectivity index (χ1v) is 47.4. The fourth-order valence-electron chi connectivity index (χ4n) is 22.2. The van der Waals surface area contributed by atoms with Crippen molar-refractivity contribution >= 4 is 63.8 Å². The summed E-state index contributed by atoms with van der Waals surface area (Å²) in [5, 5.41) is 28.8. The summed E-state index contributed by atoms with van der Waals surface area (Å²) in [7, 11) is 0. The molecule has 9 heteroatoms. The first kappa shape index (κ1) is 80.3. The molecule has 638 valence electrons. The molecule has 23 aromatic rings. The minimum atomic E-state index is -0.149. The molecule has 8 nitrogen and oxygen atoms in total. The third-order valence-electron chi connectivity index (χ3n) is 29.0. The molecule has 0 radical (unpaired) electrons. The Morgan fingerprint density at radius 2 is 0.526 bits per heavy atom. The lowest BCUT2D eigenvalue weighted by molar-refractivity contribution is 0.660. The SMILES string of the molecule is CC1(C)c2ccccc2-c2c(-c3nc(-c4ccccc4)nc(-c4ccc(-c5ccc6c7c(ccc(-c8ccc9c(c8)sc8cc(C#N)ccc89)c57)-c5ccccc5-6)cc4)n3)cccc21.CC1(C)c2ccccc2-c2ccc(-c3nc(-c4ccccc4)nc(-c4ccc(-c5ccc6c7c(ccc(-c8ccc(-c9ccc(-c%10ccc(C#N)c%11ccccc%10%11)cc9)cc8)c57)-c5ccccc5-6)cc4)n3)cc21. The molecule has 0 saturated carbocycles. The Bertz CT molecular complexity index is 9080. The predicted molar refractivity (Wildman–Crippen MR) is 564 cm³/mol. The van der Waals surface area contributed by atoms with Crippen LogP contribution in [0.4, 0.5) is 0 Å². The number of aromatic nitrogens is 6. The second kappa shape index (κ2) is 31.6. The minimum absolute atomic E-state index is 0.143. The molecule has 0 bridgehead atoms. The molecule has 3 aromatic heterocycles. The highest BCUT2D eigenvalue weighted by Crippen LogP contribution is 2.58. The van der Waals surface area contributed by atoms with E-state index < -0.39 is 0 Å². The first-order valence-electron chi connectivity index (χ1n) is 46.5. The Morgan fingerprint density at radius 3 is 1.03 bits per heavy atom. The van der Waals surface area contributed by atoms with Crippen LogP contribution in [-0.4, -0.2) is 29.9 Å². The van der Waals surface area contributed by atoms with E-state index in [1.165, 1.54) is 154 Å². The quantitative estimate of drug-likeness (QED) is 0.118. The molecular formula is C128H80N8S. The van der Waals surface area contributed by atoms with E-state index in [9.17, 15) is 10.5 Å². The number of nitrogens with zero attached hydrogens (tertiary/aromatic N) is 8. The number of rotatable bonds is 12. The van der Waals surface area contributed by atoms with Crippen LogP contribution in [0.2, 0.25) is 0 Å². The molecule has 4 aliphatic rings. The van der Waals surface area contributed by atoms with E-state index in [1.807, 2.05) is 72.8 Å². The van der Waals surface area contributed by atoms with Gasteiger partial charge < -0.3 is 0 Å². The Labute approximate surface area is 796 Å². The molecule has 0 spiro atoms. The van der Waals surface area contributed by atoms with Crippen molar-refractivity contribution in [1.29, 1.82) is 10.5 Å². The van der Waals surface area contributed by atoms with Gasteiger partial charge in [-0.3, -0.25) is 0 Å². The molecular weight excluding hydrogens is 1680 g/mol. The van der Waals surface area contributed by atoms with Gasteiger partial charge in [0.2, 0.25) is 0 Å². The maximum Gasteiger partial charge on any atom is 0.164 e. The zero-order valence-corrected chi connectivity index (χ0v) is 76.1. The van der Waals surface area contributed by atoms with Gasteiger partial charge in [-0.15, -0.1) is 11.3 Å². The smallest absolute Gasteiger partial charge is 0.164 e. The fourth-order valence-corrected chi connectivity index (χ4v) is 23.4. The van der Waals surface area contributed by atoms with Gasteiger partial charge in [0.1, 0.15) is 0 Å². The second-order valence-corrected chi connectivity index (χ2v) is 38.3. The molecule has 0 saturated heterocycles. The van der Waals surface area contributed by atoms with Crippen LogP contribution in [0.25, 0.3) is 254 Å². The van der Waals surface area contributed by atoms with Gasteiger partial charge in [0.25, 0.3) is 0 Å². The van der Waals surface area contributed by atoms with E-state index in [2.05, 4.69) is 380 Å². The Hall–Kier alpha value is -17.6. The van der Waals surface area contributed by atoms with Crippen molar-refractivity contribution < 1.29 is 0 Å². The van der Waals surface area contributed by atoms with Gasteiger partial charge in [-0.2, -0.15) is 10.5 Å². The van der Waals surface area contributed by atoms with Crippen LogP contribution in [0.5, 0.6) is 0 Å². The van der Waals surface area contributed by atoms with Gasteiger partial charge in [-0.05, 0) is 213 Å². The van der Waals surface area contributed by atoms with Crippen LogP contribution in [-0.2, 0) is 10.8 Å². The molecule has 137 heavy (non-hydrogen) atoms. The van der Waals surface area contributed by atoms with Gasteiger partial charge in [0.05, 0.1) is 23.3 Å². The highest BCUT2D eigenvalue weighted by atomic mass is 32.1. The van der Waals surface area contributed by atoms with E-state index in [1.54, 1.807) is 11.3 Å². The standard InChI is InChI=1S/C69H44N4.C59H36N4S/c1-69(2)62-19-11-10-18-58(62)59-35-32-49(40-63(59)69)68-72-66(47-12-4-3-5-13-47)71-67(73-68)48-30-28-46(29-31-48)54-37-39-61-57-17-9-8-16-56(57)60-38-36-53(64(54)65(60)61)45-26-22-43(23-27-45)42-20-24-44(25-21-42)52-34-33-50(41-70)51-14-6-7-15-55(51)52;1-59(2)49-17-9-8-15-47(49)53-48(16-10-18-50(53)59)58-62-56(36-11-4-3-5-12-36)61-57(63-58)37-22-20-35(21-23-37)39-27-29-45-41-13-6-7-14-42(41)46-30-28-40(54(39)55(45)46)38-24-26-44-43-25-19-34(33-60)31-51(43)64-52(44)32-38/h3-40H,1-2H3;3-32H,1-2H3. The number of thiophene rings is 1. The second-order valence-electron chi connectivity index (χ2n) is 37.2. The number of nitriles is 2. The Morgan fingerprint density at radius 1 is 0.197 bits per heavy atom. The third kappa shape index (κ3) is 13.0. The van der Waals surface area contributed by atoms with Gasteiger partial charge in [-0.25, -0.2) is 29.9 Å². The molecule has 0 N–H and O–H groups in total. The molecule has 27 rings (SSSR count). The average Bonchev–Trinajstić information content (AvgIpc) is 1.61. The van der Waals surface area contributed by atoms with Gasteiger partial charge in [0.15, 0.2) is 34.9 Å². The van der Waals surface area contributed by atoms with Gasteiger partial charge >= 0.3 is 0 Å². The Balaban J connectivity index is 0.000000143. The van der Waals surface area contributed by atoms with Crippen molar-refractivity contribution in [2.24, 2.45) is 0 Å². The maximum atomic E-state index is 9.74. The van der Waals surface area contributed by atoms with Crippen molar-refractivity contribution in [2.45, 2.75) is 38.5 Å². The lowest BCUT2D eigenvalue weighted by Gasteiger charge is -2.21. The summed E-state index contributed by atoms with van der Waals surface area (Å²) in [5.41, 5.74) is 41.0. The van der Waals surface area contributed by atoms with Crippen molar-refractivity contribution in [3.63, 3.8) is 0 Å². The number of hydrogen-bond donors (Lipinski definition) is 0. The highest BCUT2D eigenvalue weighted by molar-refractivity contribution is 7.25. The van der Waals surface area contributed by atoms with Crippen LogP contribution in [0.15, 0.2) is 413 Å². The molecule has 0 aliphatic heterocycles. The van der Waals surface area contributed by atoms with Crippen LogP contribution < -0.4 is 0 Å². The molecule has 4 aliphatic carbocycles. The van der Waals surface area contributed by atoms with Crippen molar-refractivity contribution in [3.8, 4) is 214 Å². The van der Waals surface area contributed by atoms with Crippen LogP contribution in [0.3, 0.4) is 0 Å². The average molecular weight is 1760 g/mol. The van der Waals surface area contributed by atoms with Crippen molar-refractivity contribution in [3.05, 3.63) is 446 Å². The lowest BCUT2D eigenvalue weighted by Crippen LogP contribution is -2.15. The molecule has 0 unspecified atom stereocenters. The summed E-state index contributed by atoms with van der Waals surface area (Å²) in [5.74, 6) is 3.87. The zero-order valence-electron chi connectivity index (χ0n) is 75.2. The zero-order chi connectivity index (χ0) is 91.5. The summed E-state index contributed by atoms with van der Waals surface area (Å²) in [4.78, 5) is 31.0. The van der Waals surface area contributed by atoms with E-state index in [4.69, 9.17) is 29.9 Å². The lowest BCUT2D eigenvalue weighted by atomic mass is 9.82. The van der Waals surface area contributed by atoms with Crippen molar-refractivity contribution in [1.82, 2.24) is 29.9 Å². The first-order chi connectivity index (χ1) is 67.3. The summed E-state index contributed by atoms with van der Waals surface area (Å²) in [6, 6.07) is 152. The van der Waals surface area contributed by atoms with Gasteiger partial charge in [0, 0.05) is 69.8 Å². The third-order valence-corrected chi connectivity index (χ3v) is 30.1. The summed E-state index contributed by atoms with van der Waals surface area (Å²) in [6.07, 6.45) is 0. The summed E-state index contributed by atoms with van der Waals surface area (Å²) < 4.78 is 2.34.